The lowest BCUT2D eigenvalue weighted by molar-refractivity contribution is -0.155. The fourth-order valence-corrected chi connectivity index (χ4v) is 9.44. The summed E-state index contributed by atoms with van der Waals surface area (Å²) in [6.07, 6.45) is -0.614. The number of rotatable bonds is 25. The molecule has 8 N–H and O–H groups in total. The van der Waals surface area contributed by atoms with Gasteiger partial charge in [-0.2, -0.15) is 0 Å². The predicted molar refractivity (Wildman–Crippen MR) is 239 cm³/mol. The third-order valence-corrected chi connectivity index (χ3v) is 12.4. The summed E-state index contributed by atoms with van der Waals surface area (Å²) in [4.78, 5) is 87.9. The van der Waals surface area contributed by atoms with Gasteiger partial charge >= 0.3 is 30.3 Å². The van der Waals surface area contributed by atoms with Crippen molar-refractivity contribution in [2.45, 2.75) is 146 Å². The SMILES string of the molecule is CCNC(=O)OCC(NCOCC(=O)C(C)O)OC(=O)NC1CC(C)(C)CC(C)(CNC(=O)OCC(CC)(COC(=O)NCC2CC(C)(C)CC(C)(CNC(=O)C(C)CC)C2)C(=O)O)C1. The van der Waals surface area contributed by atoms with Crippen molar-refractivity contribution in [3.63, 3.8) is 0 Å². The standard InChI is InChI=1S/C45H80N6O14/c1-12-29(4)35(54)48-24-43(10)16-31(15-41(6,7)22-43)19-47-38(58)63-26-45(13-2,36(55)56)27-64-39(59)49-25-44(11)18-32(17-42(8,9)23-44)51-40(60)65-34(21-62-37(57)46-14-3)50-28-61-20-33(53)30(5)52/h29-32,34,50,52H,12-28H2,1-11H3,(H,46,57)(H,47,58)(H,48,54)(H,49,59)(H,51,60)(H,55,56). The van der Waals surface area contributed by atoms with Crippen molar-refractivity contribution in [2.24, 2.45) is 38.9 Å². The van der Waals surface area contributed by atoms with Gasteiger partial charge in [0.25, 0.3) is 0 Å². The summed E-state index contributed by atoms with van der Waals surface area (Å²) in [5.41, 5.74) is -2.76. The van der Waals surface area contributed by atoms with Gasteiger partial charge in [0, 0.05) is 38.1 Å². The molecular weight excluding hydrogens is 849 g/mol. The van der Waals surface area contributed by atoms with Crippen LogP contribution in [0.4, 0.5) is 19.2 Å². The van der Waals surface area contributed by atoms with Crippen LogP contribution in [0.15, 0.2) is 0 Å². The topological polar surface area (TPSA) is 278 Å². The lowest BCUT2D eigenvalue weighted by Crippen LogP contribution is -2.52. The van der Waals surface area contributed by atoms with E-state index in [1.165, 1.54) is 6.92 Å². The number of ether oxygens (including phenoxy) is 5. The molecule has 0 aromatic rings. The van der Waals surface area contributed by atoms with E-state index in [4.69, 9.17) is 23.7 Å². The molecule has 2 saturated carbocycles. The van der Waals surface area contributed by atoms with E-state index < -0.39 is 85.1 Å². The summed E-state index contributed by atoms with van der Waals surface area (Å²) < 4.78 is 26.7. The summed E-state index contributed by atoms with van der Waals surface area (Å²) in [6.45, 7) is 20.2. The molecule has 374 valence electrons. The van der Waals surface area contributed by atoms with E-state index in [0.29, 0.717) is 38.9 Å². The molecule has 8 unspecified atom stereocenters. The van der Waals surface area contributed by atoms with Gasteiger partial charge in [0.2, 0.25) is 5.91 Å². The normalized spacial score (nSPS) is 24.6. The van der Waals surface area contributed by atoms with Gasteiger partial charge in [0.15, 0.2) is 12.0 Å². The summed E-state index contributed by atoms with van der Waals surface area (Å²) in [6, 6.07) is -0.404. The van der Waals surface area contributed by atoms with Crippen LogP contribution in [-0.4, -0.2) is 130 Å². The minimum absolute atomic E-state index is 0.0000856. The second-order valence-electron chi connectivity index (χ2n) is 20.5. The maximum atomic E-state index is 13.1. The predicted octanol–water partition coefficient (Wildman–Crippen LogP) is 4.81. The highest BCUT2D eigenvalue weighted by molar-refractivity contribution is 5.83. The second-order valence-corrected chi connectivity index (χ2v) is 20.5. The first-order chi connectivity index (χ1) is 30.2. The second kappa shape index (κ2) is 25.5. The number of amides is 5. The molecule has 20 nitrogen and oxygen atoms in total. The van der Waals surface area contributed by atoms with Gasteiger partial charge in [0.05, 0.1) is 6.73 Å². The highest BCUT2D eigenvalue weighted by Gasteiger charge is 2.45. The lowest BCUT2D eigenvalue weighted by Gasteiger charge is -2.47. The van der Waals surface area contributed by atoms with Gasteiger partial charge in [0.1, 0.15) is 37.9 Å². The first kappa shape index (κ1) is 56.7. The molecule has 5 amide bonds. The third-order valence-electron chi connectivity index (χ3n) is 12.4. The third kappa shape index (κ3) is 20.3. The van der Waals surface area contributed by atoms with Crippen molar-refractivity contribution in [3.8, 4) is 0 Å². The Balaban J connectivity index is 1.96. The summed E-state index contributed by atoms with van der Waals surface area (Å²) in [5, 5.41) is 36.4. The highest BCUT2D eigenvalue weighted by atomic mass is 16.6. The number of alkyl carbamates (subject to hydrolysis) is 4. The monoisotopic (exact) mass is 929 g/mol. The van der Waals surface area contributed by atoms with Crippen LogP contribution in [-0.2, 0) is 38.1 Å². The number of ketones is 1. The molecule has 20 heteroatoms. The Labute approximate surface area is 384 Å². The Hall–Kier alpha value is -4.43. The maximum Gasteiger partial charge on any atom is 0.409 e. The zero-order chi connectivity index (χ0) is 49.2. The molecule has 0 bridgehead atoms. The molecular formula is C45H80N6O14. The van der Waals surface area contributed by atoms with E-state index in [2.05, 4.69) is 52.7 Å². The zero-order valence-corrected chi connectivity index (χ0v) is 40.7. The Morgan fingerprint density at radius 3 is 1.86 bits per heavy atom. The molecule has 65 heavy (non-hydrogen) atoms. The molecule has 2 rings (SSSR count). The fourth-order valence-electron chi connectivity index (χ4n) is 9.44. The molecule has 0 heterocycles. The smallest absolute Gasteiger partial charge is 0.409 e. The number of aliphatic carboxylic acids is 1. The van der Waals surface area contributed by atoms with Crippen LogP contribution in [0.3, 0.4) is 0 Å². The number of Topliss-reactive ketones (excluding diaryl/α,β-unsaturated/α-hetero) is 1. The molecule has 0 radical (unpaired) electrons. The quantitative estimate of drug-likeness (QED) is 0.0347. The molecule has 8 atom stereocenters. The molecule has 0 saturated heterocycles. The van der Waals surface area contributed by atoms with E-state index in [1.807, 2.05) is 34.6 Å². The summed E-state index contributed by atoms with van der Waals surface area (Å²) in [5.74, 6) is -1.78. The van der Waals surface area contributed by atoms with E-state index in [-0.39, 0.29) is 60.3 Å². The zero-order valence-electron chi connectivity index (χ0n) is 40.7. The Morgan fingerprint density at radius 2 is 1.29 bits per heavy atom. The van der Waals surface area contributed by atoms with Crippen LogP contribution in [0.1, 0.15) is 128 Å². The van der Waals surface area contributed by atoms with Crippen molar-refractivity contribution in [3.05, 3.63) is 0 Å². The molecule has 0 aromatic heterocycles. The maximum absolute atomic E-state index is 13.1. The van der Waals surface area contributed by atoms with Crippen LogP contribution in [0.5, 0.6) is 0 Å². The number of aliphatic hydroxyl groups excluding tert-OH is 1. The number of carboxylic acid groups (broad SMARTS) is 1. The van der Waals surface area contributed by atoms with Gasteiger partial charge in [-0.25, -0.2) is 19.2 Å². The Bertz CT molecular complexity index is 1610. The van der Waals surface area contributed by atoms with E-state index in [9.17, 15) is 43.8 Å². The van der Waals surface area contributed by atoms with Crippen LogP contribution in [0.25, 0.3) is 0 Å². The molecule has 0 aliphatic heterocycles. The number of hydrogen-bond donors (Lipinski definition) is 8. The average molecular weight is 929 g/mol. The summed E-state index contributed by atoms with van der Waals surface area (Å²) >= 11 is 0. The number of aliphatic hydroxyl groups is 1. The fraction of sp³-hybridized carbons (Fsp3) is 0.844. The number of hydrogen-bond acceptors (Lipinski definition) is 14. The highest BCUT2D eigenvalue weighted by Crippen LogP contribution is 2.48. The van der Waals surface area contributed by atoms with E-state index in [0.717, 1.165) is 25.7 Å². The van der Waals surface area contributed by atoms with Crippen molar-refractivity contribution < 1.29 is 67.5 Å². The first-order valence-electron chi connectivity index (χ1n) is 22.9. The molecule has 2 aliphatic rings. The Kier molecular flexibility index (Phi) is 22.2. The molecule has 0 spiro atoms. The van der Waals surface area contributed by atoms with Gasteiger partial charge in [-0.3, -0.25) is 19.7 Å². The van der Waals surface area contributed by atoms with Gasteiger partial charge in [-0.15, -0.1) is 0 Å². The summed E-state index contributed by atoms with van der Waals surface area (Å²) in [7, 11) is 0. The largest absolute Gasteiger partial charge is 0.481 e. The van der Waals surface area contributed by atoms with Gasteiger partial charge in [-0.05, 0) is 92.8 Å². The minimum Gasteiger partial charge on any atom is -0.481 e. The number of carboxylic acids is 1. The molecule has 2 fully saturated rings. The van der Waals surface area contributed by atoms with E-state index >= 15 is 0 Å². The number of carbonyl (C=O) groups is 7. The molecule has 0 aromatic carbocycles. The van der Waals surface area contributed by atoms with Crippen LogP contribution in [0, 0.1) is 38.9 Å². The van der Waals surface area contributed by atoms with Gasteiger partial charge in [-0.1, -0.05) is 62.3 Å². The average Bonchev–Trinajstić information content (AvgIpc) is 3.20. The lowest BCUT2D eigenvalue weighted by atomic mass is 9.60. The number of nitrogens with one attached hydrogen (secondary N) is 6. The molecule has 2 aliphatic carbocycles. The van der Waals surface area contributed by atoms with Crippen LogP contribution < -0.4 is 31.9 Å². The van der Waals surface area contributed by atoms with Crippen LogP contribution in [0.2, 0.25) is 0 Å². The van der Waals surface area contributed by atoms with Crippen molar-refractivity contribution >= 4 is 42.0 Å². The Morgan fingerprint density at radius 1 is 0.723 bits per heavy atom. The van der Waals surface area contributed by atoms with Crippen molar-refractivity contribution in [1.82, 2.24) is 31.9 Å². The van der Waals surface area contributed by atoms with Crippen molar-refractivity contribution in [2.75, 3.05) is 59.3 Å². The van der Waals surface area contributed by atoms with Gasteiger partial charge < -0.3 is 60.5 Å². The first-order valence-corrected chi connectivity index (χ1v) is 22.9. The minimum atomic E-state index is -1.71. The van der Waals surface area contributed by atoms with E-state index in [1.54, 1.807) is 13.8 Å². The van der Waals surface area contributed by atoms with Crippen LogP contribution >= 0.6 is 0 Å². The number of carbonyl (C=O) groups excluding carboxylic acids is 6. The van der Waals surface area contributed by atoms with Crippen molar-refractivity contribution in [1.29, 1.82) is 0 Å².